The first-order valence-electron chi connectivity index (χ1n) is 6.51. The minimum absolute atomic E-state index is 0.121. The third-order valence-corrected chi connectivity index (χ3v) is 2.85. The van der Waals surface area contributed by atoms with E-state index in [2.05, 4.69) is 10.6 Å². The second-order valence-corrected chi connectivity index (χ2v) is 4.63. The molecule has 0 bridgehead atoms. The van der Waals surface area contributed by atoms with E-state index in [-0.39, 0.29) is 18.6 Å². The molecule has 1 aromatic carbocycles. The third-order valence-electron chi connectivity index (χ3n) is 2.85. The van der Waals surface area contributed by atoms with E-state index in [0.717, 1.165) is 5.56 Å². The molecule has 0 aliphatic carbocycles. The minimum Gasteiger partial charge on any atom is -0.445 e. The van der Waals surface area contributed by atoms with Gasteiger partial charge < -0.3 is 20.1 Å². The first kappa shape index (κ1) is 14.3. The maximum Gasteiger partial charge on any atom is 0.408 e. The molecular formula is C14H18N2O4. The van der Waals surface area contributed by atoms with Crippen molar-refractivity contribution in [2.75, 3.05) is 13.2 Å². The highest BCUT2D eigenvalue weighted by Gasteiger charge is 2.24. The van der Waals surface area contributed by atoms with Crippen molar-refractivity contribution in [3.8, 4) is 0 Å². The van der Waals surface area contributed by atoms with Crippen molar-refractivity contribution in [3.05, 3.63) is 35.9 Å². The van der Waals surface area contributed by atoms with Crippen LogP contribution < -0.4 is 10.6 Å². The number of ether oxygens (including phenoxy) is 2. The van der Waals surface area contributed by atoms with Gasteiger partial charge in [-0.05, 0) is 12.5 Å². The van der Waals surface area contributed by atoms with Gasteiger partial charge in [-0.2, -0.15) is 0 Å². The maximum atomic E-state index is 11.6. The molecule has 2 N–H and O–H groups in total. The summed E-state index contributed by atoms with van der Waals surface area (Å²) < 4.78 is 10.0. The summed E-state index contributed by atoms with van der Waals surface area (Å²) >= 11 is 0. The van der Waals surface area contributed by atoms with Crippen LogP contribution in [0.4, 0.5) is 4.79 Å². The molecule has 108 valence electrons. The van der Waals surface area contributed by atoms with Gasteiger partial charge in [0.25, 0.3) is 0 Å². The van der Waals surface area contributed by atoms with Crippen LogP contribution in [0.5, 0.6) is 0 Å². The van der Waals surface area contributed by atoms with E-state index in [0.29, 0.717) is 13.2 Å². The van der Waals surface area contributed by atoms with Crippen LogP contribution >= 0.6 is 0 Å². The lowest BCUT2D eigenvalue weighted by molar-refractivity contribution is -0.122. The first-order chi connectivity index (χ1) is 9.65. The van der Waals surface area contributed by atoms with Gasteiger partial charge in [0.05, 0.1) is 12.7 Å². The molecule has 20 heavy (non-hydrogen) atoms. The van der Waals surface area contributed by atoms with E-state index in [1.165, 1.54) is 0 Å². The lowest BCUT2D eigenvalue weighted by Gasteiger charge is -2.13. The molecule has 2 amide bonds. The molecule has 1 saturated heterocycles. The summed E-state index contributed by atoms with van der Waals surface area (Å²) in [6.45, 7) is 2.94. The zero-order chi connectivity index (χ0) is 14.4. The summed E-state index contributed by atoms with van der Waals surface area (Å²) in [5, 5.41) is 5.17. The standard InChI is InChI=1S/C14H18N2O4/c1-10(13(17)15-7-12-9-19-12)16-14(18)20-8-11-5-3-2-4-6-11/h2-6,10,12H,7-9H2,1H3,(H,15,17)(H,16,18)/t10-,12?/m0/s1. The second kappa shape index (κ2) is 6.91. The number of carbonyl (C=O) groups is 2. The SMILES string of the molecule is C[C@H](NC(=O)OCc1ccccc1)C(=O)NCC1CO1. The molecule has 0 aromatic heterocycles. The highest BCUT2D eigenvalue weighted by atomic mass is 16.6. The molecule has 1 heterocycles. The zero-order valence-corrected chi connectivity index (χ0v) is 11.3. The molecule has 6 heteroatoms. The van der Waals surface area contributed by atoms with Gasteiger partial charge in [-0.25, -0.2) is 4.79 Å². The summed E-state index contributed by atoms with van der Waals surface area (Å²) in [6, 6.07) is 8.70. The van der Waals surface area contributed by atoms with Crippen LogP contribution in [0.1, 0.15) is 12.5 Å². The third kappa shape index (κ3) is 4.89. The fourth-order valence-corrected chi connectivity index (χ4v) is 1.56. The molecule has 1 unspecified atom stereocenters. The van der Waals surface area contributed by atoms with E-state index in [1.54, 1.807) is 6.92 Å². The number of amides is 2. The van der Waals surface area contributed by atoms with Gasteiger partial charge in [0, 0.05) is 6.54 Å². The fourth-order valence-electron chi connectivity index (χ4n) is 1.56. The van der Waals surface area contributed by atoms with Crippen LogP contribution in [-0.2, 0) is 20.9 Å². The van der Waals surface area contributed by atoms with Crippen LogP contribution in [0, 0.1) is 0 Å². The van der Waals surface area contributed by atoms with Crippen molar-refractivity contribution in [2.24, 2.45) is 0 Å². The molecule has 1 fully saturated rings. The second-order valence-electron chi connectivity index (χ2n) is 4.63. The maximum absolute atomic E-state index is 11.6. The molecule has 2 atom stereocenters. The van der Waals surface area contributed by atoms with Crippen molar-refractivity contribution in [2.45, 2.75) is 25.7 Å². The molecule has 1 aliphatic rings. The number of hydrogen-bond donors (Lipinski definition) is 2. The Morgan fingerprint density at radius 2 is 2.10 bits per heavy atom. The van der Waals surface area contributed by atoms with E-state index < -0.39 is 12.1 Å². The molecule has 0 saturated carbocycles. The average Bonchev–Trinajstić information content (AvgIpc) is 3.28. The summed E-state index contributed by atoms with van der Waals surface area (Å²) in [7, 11) is 0. The monoisotopic (exact) mass is 278 g/mol. The predicted octanol–water partition coefficient (Wildman–Crippen LogP) is 0.816. The van der Waals surface area contributed by atoms with Gasteiger partial charge in [-0.1, -0.05) is 30.3 Å². The van der Waals surface area contributed by atoms with E-state index in [9.17, 15) is 9.59 Å². The Labute approximate surface area is 117 Å². The summed E-state index contributed by atoms with van der Waals surface area (Å²) in [5.41, 5.74) is 0.894. The number of nitrogens with one attached hydrogen (secondary N) is 2. The van der Waals surface area contributed by atoms with Gasteiger partial charge in [-0.15, -0.1) is 0 Å². The topological polar surface area (TPSA) is 80.0 Å². The zero-order valence-electron chi connectivity index (χ0n) is 11.3. The number of alkyl carbamates (subject to hydrolysis) is 1. The van der Waals surface area contributed by atoms with E-state index >= 15 is 0 Å². The fraction of sp³-hybridized carbons (Fsp3) is 0.429. The van der Waals surface area contributed by atoms with E-state index in [1.807, 2.05) is 30.3 Å². The largest absolute Gasteiger partial charge is 0.445 e. The number of hydrogen-bond acceptors (Lipinski definition) is 4. The van der Waals surface area contributed by atoms with Crippen molar-refractivity contribution >= 4 is 12.0 Å². The Bertz CT molecular complexity index is 460. The Morgan fingerprint density at radius 3 is 2.75 bits per heavy atom. The predicted molar refractivity (Wildman–Crippen MR) is 72.0 cm³/mol. The molecule has 1 aromatic rings. The van der Waals surface area contributed by atoms with Crippen molar-refractivity contribution in [1.29, 1.82) is 0 Å². The quantitative estimate of drug-likeness (QED) is 0.755. The number of benzene rings is 1. The molecular weight excluding hydrogens is 260 g/mol. The molecule has 6 nitrogen and oxygen atoms in total. The highest BCUT2D eigenvalue weighted by Crippen LogP contribution is 2.06. The van der Waals surface area contributed by atoms with Crippen LogP contribution in [-0.4, -0.2) is 37.3 Å². The van der Waals surface area contributed by atoms with Gasteiger partial charge in [0.1, 0.15) is 12.6 Å². The molecule has 0 spiro atoms. The van der Waals surface area contributed by atoms with Gasteiger partial charge in [-0.3, -0.25) is 4.79 Å². The normalized spacial score (nSPS) is 17.9. The van der Waals surface area contributed by atoms with Crippen molar-refractivity contribution < 1.29 is 19.1 Å². The van der Waals surface area contributed by atoms with Gasteiger partial charge >= 0.3 is 6.09 Å². The van der Waals surface area contributed by atoms with Crippen molar-refractivity contribution in [3.63, 3.8) is 0 Å². The Kier molecular flexibility index (Phi) is 4.95. The van der Waals surface area contributed by atoms with Crippen LogP contribution in [0.25, 0.3) is 0 Å². The Hall–Kier alpha value is -2.08. The Morgan fingerprint density at radius 1 is 1.40 bits per heavy atom. The van der Waals surface area contributed by atoms with Crippen LogP contribution in [0.3, 0.4) is 0 Å². The van der Waals surface area contributed by atoms with Crippen LogP contribution in [0.15, 0.2) is 30.3 Å². The summed E-state index contributed by atoms with van der Waals surface area (Å²) in [4.78, 5) is 23.2. The Balaban J connectivity index is 1.66. The minimum atomic E-state index is -0.642. The average molecular weight is 278 g/mol. The van der Waals surface area contributed by atoms with Gasteiger partial charge in [0.15, 0.2) is 0 Å². The smallest absolute Gasteiger partial charge is 0.408 e. The summed E-state index contributed by atoms with van der Waals surface area (Å²) in [5.74, 6) is -0.253. The lowest BCUT2D eigenvalue weighted by atomic mass is 10.2. The number of epoxide rings is 1. The summed E-state index contributed by atoms with van der Waals surface area (Å²) in [6.07, 6.45) is -0.490. The first-order valence-corrected chi connectivity index (χ1v) is 6.51. The van der Waals surface area contributed by atoms with Crippen molar-refractivity contribution in [1.82, 2.24) is 10.6 Å². The van der Waals surface area contributed by atoms with Gasteiger partial charge in [0.2, 0.25) is 5.91 Å². The molecule has 1 aliphatic heterocycles. The number of rotatable bonds is 6. The van der Waals surface area contributed by atoms with Crippen LogP contribution in [0.2, 0.25) is 0 Å². The number of carbonyl (C=O) groups excluding carboxylic acids is 2. The lowest BCUT2D eigenvalue weighted by Crippen LogP contribution is -2.45. The van der Waals surface area contributed by atoms with E-state index in [4.69, 9.17) is 9.47 Å². The molecule has 2 rings (SSSR count). The highest BCUT2D eigenvalue weighted by molar-refractivity contribution is 5.85. The molecule has 0 radical (unpaired) electrons.